The van der Waals surface area contributed by atoms with Crippen LogP contribution in [0.1, 0.15) is 31.3 Å². The molecular weight excluding hydrogens is 300 g/mol. The van der Waals surface area contributed by atoms with Gasteiger partial charge < -0.3 is 10.3 Å². The van der Waals surface area contributed by atoms with Gasteiger partial charge in [-0.1, -0.05) is 36.5 Å². The fraction of sp³-hybridized carbons (Fsp3) is 0.357. The first-order chi connectivity index (χ1) is 9.60. The Bertz CT molecular complexity index is 584. The molecule has 0 aliphatic carbocycles. The van der Waals surface area contributed by atoms with Gasteiger partial charge in [0.05, 0.1) is 22.9 Å². The molecule has 6 heteroatoms. The molecule has 1 aromatic carbocycles. The monoisotopic (exact) mass is 315 g/mol. The third-order valence-corrected chi connectivity index (χ3v) is 3.56. The van der Waals surface area contributed by atoms with Crippen LogP contribution in [0, 0.1) is 5.82 Å². The quantitative estimate of drug-likeness (QED) is 0.803. The van der Waals surface area contributed by atoms with Crippen molar-refractivity contribution in [3.05, 3.63) is 45.7 Å². The van der Waals surface area contributed by atoms with Gasteiger partial charge in [0.1, 0.15) is 11.6 Å². The normalized spacial score (nSPS) is 10.8. The number of H-pyrrole nitrogens is 1. The smallest absolute Gasteiger partial charge is 0.152 e. The molecular formula is C14H16Cl2FN3. The van der Waals surface area contributed by atoms with Crippen LogP contribution in [0.4, 0.5) is 10.1 Å². The van der Waals surface area contributed by atoms with E-state index in [0.29, 0.717) is 22.4 Å². The third kappa shape index (κ3) is 3.87. The van der Waals surface area contributed by atoms with Gasteiger partial charge in [-0.25, -0.2) is 9.37 Å². The highest BCUT2D eigenvalue weighted by Crippen LogP contribution is 2.24. The molecule has 0 atom stereocenters. The maximum atomic E-state index is 12.9. The van der Waals surface area contributed by atoms with E-state index in [9.17, 15) is 4.39 Å². The van der Waals surface area contributed by atoms with Crippen LogP contribution in [0.5, 0.6) is 0 Å². The molecule has 0 saturated carbocycles. The molecule has 0 saturated heterocycles. The van der Waals surface area contributed by atoms with Gasteiger partial charge in [-0.05, 0) is 24.6 Å². The molecule has 1 heterocycles. The van der Waals surface area contributed by atoms with E-state index in [2.05, 4.69) is 22.2 Å². The second-order valence-corrected chi connectivity index (χ2v) is 5.30. The Balaban J connectivity index is 2.01. The second kappa shape index (κ2) is 6.95. The van der Waals surface area contributed by atoms with Crippen LogP contribution in [-0.4, -0.2) is 9.97 Å². The van der Waals surface area contributed by atoms with Crippen molar-refractivity contribution in [2.24, 2.45) is 0 Å². The zero-order chi connectivity index (χ0) is 14.5. The third-order valence-electron chi connectivity index (χ3n) is 2.93. The molecule has 20 heavy (non-hydrogen) atoms. The Morgan fingerprint density at radius 1 is 1.35 bits per heavy atom. The van der Waals surface area contributed by atoms with Crippen molar-refractivity contribution in [2.75, 3.05) is 5.32 Å². The van der Waals surface area contributed by atoms with Gasteiger partial charge in [-0.3, -0.25) is 0 Å². The van der Waals surface area contributed by atoms with Crippen LogP contribution >= 0.6 is 23.2 Å². The van der Waals surface area contributed by atoms with Crippen molar-refractivity contribution in [3.8, 4) is 0 Å². The standard InChI is InChI=1S/C14H16Cl2FN3/c1-2-3-4-13-19-12(14(16)20-13)8-18-11-6-5-9(17)7-10(11)15/h5-7,18H,2-4,8H2,1H3,(H,19,20). The molecule has 0 spiro atoms. The summed E-state index contributed by atoms with van der Waals surface area (Å²) in [6.45, 7) is 2.59. The largest absolute Gasteiger partial charge is 0.378 e. The molecule has 2 rings (SSSR count). The molecule has 0 radical (unpaired) electrons. The Labute approximate surface area is 127 Å². The number of aryl methyl sites for hydroxylation is 1. The summed E-state index contributed by atoms with van der Waals surface area (Å²) in [7, 11) is 0. The van der Waals surface area contributed by atoms with Crippen molar-refractivity contribution in [2.45, 2.75) is 32.7 Å². The summed E-state index contributed by atoms with van der Waals surface area (Å²) >= 11 is 12.0. The summed E-state index contributed by atoms with van der Waals surface area (Å²) in [6.07, 6.45) is 3.06. The molecule has 3 nitrogen and oxygen atoms in total. The first kappa shape index (κ1) is 15.1. The number of benzene rings is 1. The summed E-state index contributed by atoms with van der Waals surface area (Å²) in [6, 6.07) is 4.22. The van der Waals surface area contributed by atoms with Gasteiger partial charge in [0, 0.05) is 6.42 Å². The summed E-state index contributed by atoms with van der Waals surface area (Å²) in [4.78, 5) is 7.47. The highest BCUT2D eigenvalue weighted by molar-refractivity contribution is 6.33. The number of unbranched alkanes of at least 4 members (excludes halogenated alkanes) is 1. The Morgan fingerprint density at radius 3 is 2.85 bits per heavy atom. The number of anilines is 1. The average molecular weight is 316 g/mol. The summed E-state index contributed by atoms with van der Waals surface area (Å²) in [5.41, 5.74) is 1.46. The molecule has 1 aromatic heterocycles. The molecule has 2 aromatic rings. The molecule has 0 aliphatic heterocycles. The van der Waals surface area contributed by atoms with Crippen molar-refractivity contribution in [3.63, 3.8) is 0 Å². The van der Waals surface area contributed by atoms with Gasteiger partial charge >= 0.3 is 0 Å². The number of nitrogens with one attached hydrogen (secondary N) is 2. The van der Waals surface area contributed by atoms with Gasteiger partial charge in [0.2, 0.25) is 0 Å². The van der Waals surface area contributed by atoms with E-state index in [1.54, 1.807) is 6.07 Å². The minimum Gasteiger partial charge on any atom is -0.378 e. The number of aromatic amines is 1. The van der Waals surface area contributed by atoms with E-state index in [1.807, 2.05) is 0 Å². The minimum atomic E-state index is -0.359. The predicted octanol–water partition coefficient (Wildman–Crippen LogP) is 4.81. The van der Waals surface area contributed by atoms with Crippen molar-refractivity contribution in [1.82, 2.24) is 9.97 Å². The molecule has 0 amide bonds. The topological polar surface area (TPSA) is 40.7 Å². The molecule has 2 N–H and O–H groups in total. The maximum absolute atomic E-state index is 12.9. The fourth-order valence-corrected chi connectivity index (χ4v) is 2.29. The second-order valence-electron chi connectivity index (χ2n) is 4.53. The van der Waals surface area contributed by atoms with Crippen molar-refractivity contribution in [1.29, 1.82) is 0 Å². The van der Waals surface area contributed by atoms with Crippen LogP contribution < -0.4 is 5.32 Å². The number of aromatic nitrogens is 2. The summed E-state index contributed by atoms with van der Waals surface area (Å²) in [5.74, 6) is 0.529. The van der Waals surface area contributed by atoms with Crippen molar-refractivity contribution < 1.29 is 4.39 Å². The first-order valence-corrected chi connectivity index (χ1v) is 7.28. The number of hydrogen-bond acceptors (Lipinski definition) is 2. The van der Waals surface area contributed by atoms with E-state index in [-0.39, 0.29) is 5.82 Å². The highest BCUT2D eigenvalue weighted by Gasteiger charge is 2.09. The van der Waals surface area contributed by atoms with Crippen LogP contribution in [0.2, 0.25) is 10.2 Å². The SMILES string of the molecule is CCCCc1nc(Cl)c(CNc2ccc(F)cc2Cl)[nH]1. The van der Waals surface area contributed by atoms with Gasteiger partial charge in [-0.15, -0.1) is 0 Å². The van der Waals surface area contributed by atoms with E-state index in [1.165, 1.54) is 12.1 Å². The van der Waals surface area contributed by atoms with Crippen LogP contribution in [0.3, 0.4) is 0 Å². The Morgan fingerprint density at radius 2 is 2.15 bits per heavy atom. The number of halogens is 3. The zero-order valence-corrected chi connectivity index (χ0v) is 12.7. The lowest BCUT2D eigenvalue weighted by Crippen LogP contribution is -2.01. The molecule has 0 aliphatic rings. The number of rotatable bonds is 6. The van der Waals surface area contributed by atoms with E-state index in [0.717, 1.165) is 30.8 Å². The van der Waals surface area contributed by atoms with E-state index in [4.69, 9.17) is 23.2 Å². The zero-order valence-electron chi connectivity index (χ0n) is 11.1. The Hall–Kier alpha value is -1.26. The maximum Gasteiger partial charge on any atom is 0.152 e. The fourth-order valence-electron chi connectivity index (χ4n) is 1.84. The minimum absolute atomic E-state index is 0.340. The van der Waals surface area contributed by atoms with Crippen molar-refractivity contribution >= 4 is 28.9 Å². The van der Waals surface area contributed by atoms with Gasteiger partial charge in [0.15, 0.2) is 5.15 Å². The Kier molecular flexibility index (Phi) is 5.26. The van der Waals surface area contributed by atoms with Crippen LogP contribution in [0.15, 0.2) is 18.2 Å². The van der Waals surface area contributed by atoms with E-state index >= 15 is 0 Å². The lowest BCUT2D eigenvalue weighted by Gasteiger charge is -2.07. The number of nitrogens with zero attached hydrogens (tertiary/aromatic N) is 1. The van der Waals surface area contributed by atoms with Gasteiger partial charge in [-0.2, -0.15) is 0 Å². The van der Waals surface area contributed by atoms with Crippen LogP contribution in [0.25, 0.3) is 0 Å². The van der Waals surface area contributed by atoms with E-state index < -0.39 is 0 Å². The number of hydrogen-bond donors (Lipinski definition) is 2. The average Bonchev–Trinajstić information content (AvgIpc) is 2.76. The lowest BCUT2D eigenvalue weighted by molar-refractivity contribution is 0.628. The summed E-state index contributed by atoms with van der Waals surface area (Å²) < 4.78 is 12.9. The van der Waals surface area contributed by atoms with Crippen LogP contribution in [-0.2, 0) is 13.0 Å². The molecule has 0 bridgehead atoms. The van der Waals surface area contributed by atoms with Gasteiger partial charge in [0.25, 0.3) is 0 Å². The lowest BCUT2D eigenvalue weighted by atomic mass is 10.2. The highest BCUT2D eigenvalue weighted by atomic mass is 35.5. The summed E-state index contributed by atoms with van der Waals surface area (Å²) in [5, 5.41) is 3.91. The predicted molar refractivity (Wildman–Crippen MR) is 80.9 cm³/mol. The number of imidazole rings is 1. The molecule has 108 valence electrons. The molecule has 0 unspecified atom stereocenters. The molecule has 0 fully saturated rings. The first-order valence-electron chi connectivity index (χ1n) is 6.52.